The summed E-state index contributed by atoms with van der Waals surface area (Å²) >= 11 is 1.33. The fraction of sp³-hybridized carbons (Fsp3) is 0.316. The third kappa shape index (κ3) is 2.92. The fourth-order valence-corrected chi connectivity index (χ4v) is 3.89. The number of halogens is 1. The van der Waals surface area contributed by atoms with Gasteiger partial charge in [-0.05, 0) is 38.0 Å². The minimum atomic E-state index is -1.43. The van der Waals surface area contributed by atoms with Gasteiger partial charge in [-0.15, -0.1) is 11.3 Å². The standard InChI is InChI=1S/C19H19FN2O3S/c1-4-5-14-21-16-15(17(23)22(14)19(2,3)18(24)25)13(10-26-16)11-6-8-12(20)9-7-11/h6-10H,4-5H2,1-3H3,(H,24,25). The first-order valence-electron chi connectivity index (χ1n) is 8.30. The molecule has 0 atom stereocenters. The van der Waals surface area contributed by atoms with Gasteiger partial charge < -0.3 is 5.11 Å². The molecule has 26 heavy (non-hydrogen) atoms. The van der Waals surface area contributed by atoms with Crippen molar-refractivity contribution in [2.24, 2.45) is 0 Å². The van der Waals surface area contributed by atoms with Gasteiger partial charge in [-0.1, -0.05) is 19.1 Å². The molecule has 0 aliphatic heterocycles. The predicted molar refractivity (Wildman–Crippen MR) is 100 cm³/mol. The van der Waals surface area contributed by atoms with Crippen LogP contribution in [0.1, 0.15) is 33.0 Å². The summed E-state index contributed by atoms with van der Waals surface area (Å²) < 4.78 is 14.5. The van der Waals surface area contributed by atoms with Crippen molar-refractivity contribution in [3.8, 4) is 11.1 Å². The molecular formula is C19H19FN2O3S. The molecule has 0 fully saturated rings. The van der Waals surface area contributed by atoms with E-state index in [-0.39, 0.29) is 11.4 Å². The van der Waals surface area contributed by atoms with Crippen LogP contribution in [0, 0.1) is 5.82 Å². The summed E-state index contributed by atoms with van der Waals surface area (Å²) in [5, 5.41) is 11.8. The maximum absolute atomic E-state index is 13.3. The minimum Gasteiger partial charge on any atom is -0.480 e. The summed E-state index contributed by atoms with van der Waals surface area (Å²) in [6.07, 6.45) is 1.25. The number of rotatable bonds is 5. The van der Waals surface area contributed by atoms with Gasteiger partial charge in [-0.25, -0.2) is 14.2 Å². The van der Waals surface area contributed by atoms with Crippen LogP contribution in [-0.2, 0) is 16.8 Å². The van der Waals surface area contributed by atoms with E-state index >= 15 is 0 Å². The first kappa shape index (κ1) is 18.3. The Bertz CT molecular complexity index is 1040. The molecule has 1 aromatic carbocycles. The quantitative estimate of drug-likeness (QED) is 0.732. The molecule has 1 N–H and O–H groups in total. The Kier molecular flexibility index (Phi) is 4.66. The molecule has 0 aliphatic carbocycles. The van der Waals surface area contributed by atoms with E-state index in [9.17, 15) is 19.1 Å². The van der Waals surface area contributed by atoms with E-state index in [1.807, 2.05) is 6.92 Å². The molecule has 3 rings (SSSR count). The summed E-state index contributed by atoms with van der Waals surface area (Å²) in [5.41, 5.74) is -0.475. The highest BCUT2D eigenvalue weighted by atomic mass is 32.1. The van der Waals surface area contributed by atoms with Crippen LogP contribution in [0.25, 0.3) is 21.3 Å². The number of aromatic nitrogens is 2. The number of hydrogen-bond donors (Lipinski definition) is 1. The monoisotopic (exact) mass is 374 g/mol. The molecule has 0 bridgehead atoms. The average Bonchev–Trinajstić information content (AvgIpc) is 3.00. The van der Waals surface area contributed by atoms with Gasteiger partial charge in [0.05, 0.1) is 5.39 Å². The van der Waals surface area contributed by atoms with Crippen LogP contribution in [0.4, 0.5) is 4.39 Å². The zero-order valence-electron chi connectivity index (χ0n) is 14.7. The van der Waals surface area contributed by atoms with E-state index in [0.717, 1.165) is 6.42 Å². The summed E-state index contributed by atoms with van der Waals surface area (Å²) in [7, 11) is 0. The van der Waals surface area contributed by atoms with Crippen LogP contribution < -0.4 is 5.56 Å². The Labute approximate surface area is 153 Å². The Hall–Kier alpha value is -2.54. The SMILES string of the molecule is CCCc1nc2scc(-c3ccc(F)cc3)c2c(=O)n1C(C)(C)C(=O)O. The lowest BCUT2D eigenvalue weighted by Gasteiger charge is -2.25. The van der Waals surface area contributed by atoms with Crippen molar-refractivity contribution in [2.75, 3.05) is 0 Å². The van der Waals surface area contributed by atoms with E-state index < -0.39 is 11.5 Å². The molecular weight excluding hydrogens is 355 g/mol. The molecule has 3 aromatic rings. The number of hydrogen-bond acceptors (Lipinski definition) is 4. The lowest BCUT2D eigenvalue weighted by Crippen LogP contribution is -2.44. The van der Waals surface area contributed by atoms with Gasteiger partial charge in [0.1, 0.15) is 22.0 Å². The van der Waals surface area contributed by atoms with Crippen molar-refractivity contribution in [3.63, 3.8) is 0 Å². The fourth-order valence-electron chi connectivity index (χ4n) is 2.94. The number of carboxylic acid groups (broad SMARTS) is 1. The second-order valence-corrected chi connectivity index (χ2v) is 7.48. The van der Waals surface area contributed by atoms with Crippen LogP contribution in [-0.4, -0.2) is 20.6 Å². The van der Waals surface area contributed by atoms with Crippen molar-refractivity contribution >= 4 is 27.5 Å². The summed E-state index contributed by atoms with van der Waals surface area (Å²) in [4.78, 5) is 30.2. The Morgan fingerprint density at radius 2 is 1.96 bits per heavy atom. The number of aryl methyl sites for hydroxylation is 1. The third-order valence-electron chi connectivity index (χ3n) is 4.39. The number of carbonyl (C=O) groups is 1. The van der Waals surface area contributed by atoms with E-state index in [0.29, 0.717) is 33.6 Å². The molecule has 0 amide bonds. The van der Waals surface area contributed by atoms with Crippen LogP contribution >= 0.6 is 11.3 Å². The molecule has 0 saturated heterocycles. The average molecular weight is 374 g/mol. The van der Waals surface area contributed by atoms with Crippen LogP contribution in [0.5, 0.6) is 0 Å². The van der Waals surface area contributed by atoms with Crippen molar-refractivity contribution < 1.29 is 14.3 Å². The normalized spacial score (nSPS) is 11.8. The van der Waals surface area contributed by atoms with Crippen LogP contribution in [0.3, 0.4) is 0 Å². The molecule has 0 aliphatic rings. The zero-order valence-corrected chi connectivity index (χ0v) is 15.6. The number of aliphatic carboxylic acids is 1. The van der Waals surface area contributed by atoms with E-state index in [1.54, 1.807) is 17.5 Å². The maximum atomic E-state index is 13.3. The lowest BCUT2D eigenvalue weighted by molar-refractivity contribution is -0.146. The highest BCUT2D eigenvalue weighted by Gasteiger charge is 2.34. The molecule has 0 saturated carbocycles. The largest absolute Gasteiger partial charge is 0.480 e. The molecule has 5 nitrogen and oxygen atoms in total. The lowest BCUT2D eigenvalue weighted by atomic mass is 10.0. The highest BCUT2D eigenvalue weighted by molar-refractivity contribution is 7.17. The smallest absolute Gasteiger partial charge is 0.329 e. The van der Waals surface area contributed by atoms with Gasteiger partial charge in [0.2, 0.25) is 0 Å². The Morgan fingerprint density at radius 1 is 1.31 bits per heavy atom. The van der Waals surface area contributed by atoms with Crippen molar-refractivity contribution in [2.45, 2.75) is 39.2 Å². The molecule has 0 spiro atoms. The number of carboxylic acids is 1. The van der Waals surface area contributed by atoms with E-state index in [1.165, 1.54) is 41.9 Å². The van der Waals surface area contributed by atoms with Gasteiger partial charge in [0.15, 0.2) is 0 Å². The summed E-state index contributed by atoms with van der Waals surface area (Å²) in [6, 6.07) is 5.86. The number of thiophene rings is 1. The summed E-state index contributed by atoms with van der Waals surface area (Å²) in [5.74, 6) is -0.998. The molecule has 2 aromatic heterocycles. The van der Waals surface area contributed by atoms with Gasteiger partial charge in [-0.2, -0.15) is 0 Å². The van der Waals surface area contributed by atoms with E-state index in [2.05, 4.69) is 4.98 Å². The van der Waals surface area contributed by atoms with Crippen LogP contribution in [0.2, 0.25) is 0 Å². The van der Waals surface area contributed by atoms with Gasteiger partial charge in [0, 0.05) is 17.4 Å². The maximum Gasteiger partial charge on any atom is 0.329 e. The van der Waals surface area contributed by atoms with Crippen molar-refractivity contribution in [1.82, 2.24) is 9.55 Å². The van der Waals surface area contributed by atoms with E-state index in [4.69, 9.17) is 0 Å². The molecule has 7 heteroatoms. The first-order valence-corrected chi connectivity index (χ1v) is 9.18. The van der Waals surface area contributed by atoms with Crippen molar-refractivity contribution in [1.29, 1.82) is 0 Å². The highest BCUT2D eigenvalue weighted by Crippen LogP contribution is 2.32. The van der Waals surface area contributed by atoms with Gasteiger partial charge in [0.25, 0.3) is 5.56 Å². The third-order valence-corrected chi connectivity index (χ3v) is 5.26. The number of benzene rings is 1. The molecule has 0 radical (unpaired) electrons. The molecule has 0 unspecified atom stereocenters. The van der Waals surface area contributed by atoms with Gasteiger partial charge in [-0.3, -0.25) is 9.36 Å². The first-order chi connectivity index (χ1) is 12.3. The van der Waals surface area contributed by atoms with Gasteiger partial charge >= 0.3 is 5.97 Å². The topological polar surface area (TPSA) is 72.2 Å². The predicted octanol–water partition coefficient (Wildman–Crippen LogP) is 4.04. The Morgan fingerprint density at radius 3 is 2.54 bits per heavy atom. The number of nitrogens with zero attached hydrogens (tertiary/aromatic N) is 2. The second kappa shape index (κ2) is 6.64. The molecule has 2 heterocycles. The van der Waals surface area contributed by atoms with Crippen LogP contribution in [0.15, 0.2) is 34.4 Å². The number of fused-ring (bicyclic) bond motifs is 1. The van der Waals surface area contributed by atoms with Crippen molar-refractivity contribution in [3.05, 3.63) is 51.6 Å². The minimum absolute atomic E-state index is 0.360. The second-order valence-electron chi connectivity index (χ2n) is 6.62. The molecule has 136 valence electrons. The summed E-state index contributed by atoms with van der Waals surface area (Å²) in [6.45, 7) is 4.94. The zero-order chi connectivity index (χ0) is 19.1. The Balaban J connectivity index is 2.36.